The summed E-state index contributed by atoms with van der Waals surface area (Å²) in [6, 6.07) is 2.05. The van der Waals surface area contributed by atoms with Gasteiger partial charge in [-0.05, 0) is 12.6 Å². The number of hydrogen-bond acceptors (Lipinski definition) is 5. The zero-order valence-electron chi connectivity index (χ0n) is 11.2. The normalized spacial score (nSPS) is 15.6. The van der Waals surface area contributed by atoms with Gasteiger partial charge in [0.25, 0.3) is 0 Å². The van der Waals surface area contributed by atoms with Gasteiger partial charge in [-0.15, -0.1) is 10.2 Å². The van der Waals surface area contributed by atoms with Gasteiger partial charge in [0.15, 0.2) is 0 Å². The van der Waals surface area contributed by atoms with Gasteiger partial charge >= 0.3 is 0 Å². The van der Waals surface area contributed by atoms with Crippen molar-refractivity contribution in [2.45, 2.75) is 33.1 Å². The van der Waals surface area contributed by atoms with Crippen LogP contribution in [0.25, 0.3) is 0 Å². The minimum Gasteiger partial charge on any atom is -0.468 e. The standard InChI is InChI=1S/C13H19N5O/c1-2-14-7-11-3-6-19-12(11)8-17-4-5-18-10-15-16-13(18)9-17/h3,6,10,14H,2,4-5,7-9H2,1H3. The number of fused-ring (bicyclic) bond motifs is 1. The summed E-state index contributed by atoms with van der Waals surface area (Å²) in [6.45, 7) is 7.57. The summed E-state index contributed by atoms with van der Waals surface area (Å²) in [5.74, 6) is 2.08. The maximum atomic E-state index is 5.61. The van der Waals surface area contributed by atoms with Crippen LogP contribution in [0.3, 0.4) is 0 Å². The second-order valence-corrected chi connectivity index (χ2v) is 4.80. The first-order valence-corrected chi connectivity index (χ1v) is 6.72. The molecule has 0 fully saturated rings. The maximum Gasteiger partial charge on any atom is 0.147 e. The van der Waals surface area contributed by atoms with Crippen LogP contribution < -0.4 is 5.32 Å². The quantitative estimate of drug-likeness (QED) is 0.870. The highest BCUT2D eigenvalue weighted by Gasteiger charge is 2.19. The molecule has 1 aliphatic heterocycles. The van der Waals surface area contributed by atoms with Gasteiger partial charge in [0.2, 0.25) is 0 Å². The van der Waals surface area contributed by atoms with Crippen molar-refractivity contribution in [2.24, 2.45) is 0 Å². The molecule has 102 valence electrons. The molecular weight excluding hydrogens is 242 g/mol. The number of aromatic nitrogens is 3. The summed E-state index contributed by atoms with van der Waals surface area (Å²) < 4.78 is 7.72. The fraction of sp³-hybridized carbons (Fsp3) is 0.538. The molecule has 0 radical (unpaired) electrons. The molecule has 0 aromatic carbocycles. The van der Waals surface area contributed by atoms with Crippen LogP contribution in [0.2, 0.25) is 0 Å². The van der Waals surface area contributed by atoms with Gasteiger partial charge in [-0.2, -0.15) is 0 Å². The second-order valence-electron chi connectivity index (χ2n) is 4.80. The van der Waals surface area contributed by atoms with Gasteiger partial charge in [0, 0.05) is 25.2 Å². The first kappa shape index (κ1) is 12.4. The molecule has 6 heteroatoms. The predicted octanol–water partition coefficient (Wildman–Crippen LogP) is 0.996. The van der Waals surface area contributed by atoms with Crippen molar-refractivity contribution in [1.29, 1.82) is 0 Å². The van der Waals surface area contributed by atoms with Gasteiger partial charge in [0.1, 0.15) is 17.9 Å². The third kappa shape index (κ3) is 2.69. The van der Waals surface area contributed by atoms with Crippen molar-refractivity contribution < 1.29 is 4.42 Å². The molecule has 0 atom stereocenters. The molecule has 1 aliphatic rings. The Kier molecular flexibility index (Phi) is 3.61. The lowest BCUT2D eigenvalue weighted by molar-refractivity contribution is 0.193. The molecule has 19 heavy (non-hydrogen) atoms. The molecule has 6 nitrogen and oxygen atoms in total. The minimum atomic E-state index is 0.834. The zero-order chi connectivity index (χ0) is 13.1. The van der Waals surface area contributed by atoms with Gasteiger partial charge in [-0.3, -0.25) is 4.90 Å². The SMILES string of the molecule is CCNCc1ccoc1CN1CCn2cnnc2C1. The molecule has 3 rings (SSSR count). The van der Waals surface area contributed by atoms with Crippen molar-refractivity contribution in [3.63, 3.8) is 0 Å². The van der Waals surface area contributed by atoms with E-state index in [9.17, 15) is 0 Å². The molecule has 0 bridgehead atoms. The lowest BCUT2D eigenvalue weighted by atomic mass is 10.2. The molecule has 2 aromatic heterocycles. The molecule has 0 saturated carbocycles. The van der Waals surface area contributed by atoms with Crippen LogP contribution in [0, 0.1) is 0 Å². The van der Waals surface area contributed by atoms with Crippen molar-refractivity contribution >= 4 is 0 Å². The van der Waals surface area contributed by atoms with Crippen LogP contribution in [0.5, 0.6) is 0 Å². The van der Waals surface area contributed by atoms with E-state index in [0.29, 0.717) is 0 Å². The summed E-state index contributed by atoms with van der Waals surface area (Å²) >= 11 is 0. The summed E-state index contributed by atoms with van der Waals surface area (Å²) in [5.41, 5.74) is 1.24. The fourth-order valence-electron chi connectivity index (χ4n) is 2.38. The van der Waals surface area contributed by atoms with Gasteiger partial charge in [-0.1, -0.05) is 6.92 Å². The lowest BCUT2D eigenvalue weighted by Gasteiger charge is -2.26. The second kappa shape index (κ2) is 5.54. The Labute approximate surface area is 112 Å². The lowest BCUT2D eigenvalue weighted by Crippen LogP contribution is -2.33. The Hall–Kier alpha value is -1.66. The molecular formula is C13H19N5O. The third-order valence-electron chi connectivity index (χ3n) is 3.49. The van der Waals surface area contributed by atoms with E-state index in [2.05, 4.69) is 31.9 Å². The molecule has 2 aromatic rings. The Bertz CT molecular complexity index is 533. The smallest absolute Gasteiger partial charge is 0.147 e. The number of nitrogens with one attached hydrogen (secondary N) is 1. The van der Waals surface area contributed by atoms with Crippen LogP contribution in [0.15, 0.2) is 23.1 Å². The van der Waals surface area contributed by atoms with E-state index < -0.39 is 0 Å². The number of furan rings is 1. The van der Waals surface area contributed by atoms with E-state index in [1.807, 2.05) is 6.07 Å². The van der Waals surface area contributed by atoms with E-state index in [0.717, 1.165) is 50.9 Å². The van der Waals surface area contributed by atoms with Gasteiger partial charge < -0.3 is 14.3 Å². The highest BCUT2D eigenvalue weighted by Crippen LogP contribution is 2.17. The van der Waals surface area contributed by atoms with Crippen LogP contribution in [0.4, 0.5) is 0 Å². The van der Waals surface area contributed by atoms with Crippen LogP contribution in [-0.4, -0.2) is 32.8 Å². The highest BCUT2D eigenvalue weighted by atomic mass is 16.3. The third-order valence-corrected chi connectivity index (χ3v) is 3.49. The summed E-state index contributed by atoms with van der Waals surface area (Å²) in [6.07, 6.45) is 3.57. The van der Waals surface area contributed by atoms with Crippen LogP contribution >= 0.6 is 0 Å². The van der Waals surface area contributed by atoms with E-state index in [1.54, 1.807) is 12.6 Å². The fourth-order valence-corrected chi connectivity index (χ4v) is 2.38. The van der Waals surface area contributed by atoms with Crippen molar-refractivity contribution in [3.8, 4) is 0 Å². The van der Waals surface area contributed by atoms with Crippen molar-refractivity contribution in [3.05, 3.63) is 35.8 Å². The molecule has 0 aliphatic carbocycles. The largest absolute Gasteiger partial charge is 0.468 e. The number of rotatable bonds is 5. The Morgan fingerprint density at radius 1 is 1.42 bits per heavy atom. The van der Waals surface area contributed by atoms with Gasteiger partial charge in [0.05, 0.1) is 19.4 Å². The highest BCUT2D eigenvalue weighted by molar-refractivity contribution is 5.17. The molecule has 1 N–H and O–H groups in total. The van der Waals surface area contributed by atoms with E-state index in [4.69, 9.17) is 4.42 Å². The van der Waals surface area contributed by atoms with E-state index in [-0.39, 0.29) is 0 Å². The monoisotopic (exact) mass is 261 g/mol. The molecule has 3 heterocycles. The number of hydrogen-bond donors (Lipinski definition) is 1. The Morgan fingerprint density at radius 2 is 2.37 bits per heavy atom. The summed E-state index contributed by atoms with van der Waals surface area (Å²) in [7, 11) is 0. The average Bonchev–Trinajstić information content (AvgIpc) is 3.05. The zero-order valence-corrected chi connectivity index (χ0v) is 11.2. The Balaban J connectivity index is 1.64. The van der Waals surface area contributed by atoms with E-state index >= 15 is 0 Å². The van der Waals surface area contributed by atoms with Crippen LogP contribution in [0.1, 0.15) is 24.1 Å². The summed E-state index contributed by atoms with van der Waals surface area (Å²) in [4.78, 5) is 2.35. The van der Waals surface area contributed by atoms with Crippen LogP contribution in [-0.2, 0) is 26.2 Å². The maximum absolute atomic E-state index is 5.61. The average molecular weight is 261 g/mol. The predicted molar refractivity (Wildman–Crippen MR) is 70.2 cm³/mol. The molecule has 0 amide bonds. The molecule has 0 saturated heterocycles. The van der Waals surface area contributed by atoms with E-state index in [1.165, 1.54) is 5.56 Å². The summed E-state index contributed by atoms with van der Waals surface area (Å²) in [5, 5.41) is 11.4. The number of nitrogens with zero attached hydrogens (tertiary/aromatic N) is 4. The topological polar surface area (TPSA) is 59.1 Å². The Morgan fingerprint density at radius 3 is 3.26 bits per heavy atom. The van der Waals surface area contributed by atoms with Crippen molar-refractivity contribution in [2.75, 3.05) is 13.1 Å². The van der Waals surface area contributed by atoms with Crippen molar-refractivity contribution in [1.82, 2.24) is 25.0 Å². The first-order valence-electron chi connectivity index (χ1n) is 6.72. The minimum absolute atomic E-state index is 0.834. The van der Waals surface area contributed by atoms with Gasteiger partial charge in [-0.25, -0.2) is 0 Å². The molecule has 0 unspecified atom stereocenters. The molecule has 0 spiro atoms. The first-order chi connectivity index (χ1) is 9.36.